The molecule has 0 spiro atoms. The second-order valence-electron chi connectivity index (χ2n) is 9.22. The molecular formula is C27H36F2N2O8. The van der Waals surface area contributed by atoms with E-state index >= 15 is 0 Å². The molecule has 0 aromatic heterocycles. The normalized spacial score (nSPS) is 13.9. The zero-order valence-electron chi connectivity index (χ0n) is 22.0. The quantitative estimate of drug-likeness (QED) is 0.332. The molecule has 1 heterocycles. The number of aliphatic carboxylic acids is 2. The van der Waals surface area contributed by atoms with Gasteiger partial charge in [-0.2, -0.15) is 0 Å². The predicted molar refractivity (Wildman–Crippen MR) is 138 cm³/mol. The monoisotopic (exact) mass is 554 g/mol. The summed E-state index contributed by atoms with van der Waals surface area (Å²) in [6, 6.07) is 11.8. The third-order valence-electron chi connectivity index (χ3n) is 6.39. The van der Waals surface area contributed by atoms with E-state index in [1.165, 1.54) is 29.2 Å². The Hall–Kier alpha value is -3.61. The molecule has 1 fully saturated rings. The van der Waals surface area contributed by atoms with Crippen LogP contribution in [-0.2, 0) is 19.9 Å². The summed E-state index contributed by atoms with van der Waals surface area (Å²) in [7, 11) is 3.32. The summed E-state index contributed by atoms with van der Waals surface area (Å²) < 4.78 is 32.2. The Morgan fingerprint density at radius 1 is 0.897 bits per heavy atom. The minimum atomic E-state index is -1.82. The Balaban J connectivity index is 0.000000977. The molecule has 39 heavy (non-hydrogen) atoms. The fourth-order valence-corrected chi connectivity index (χ4v) is 4.35. The molecule has 2 aromatic rings. The minimum Gasteiger partial charge on any atom is -0.473 e. The fraction of sp³-hybridized carbons (Fsp3) is 0.444. The van der Waals surface area contributed by atoms with E-state index in [2.05, 4.69) is 4.90 Å². The number of nitrogens with zero attached hydrogens (tertiary/aromatic N) is 2. The summed E-state index contributed by atoms with van der Waals surface area (Å²) in [5, 5.41) is 26.7. The van der Waals surface area contributed by atoms with E-state index in [9.17, 15) is 18.7 Å². The molecule has 0 aliphatic carbocycles. The molecule has 0 bridgehead atoms. The summed E-state index contributed by atoms with van der Waals surface area (Å²) in [5.41, 5.74) is -0.0771. The van der Waals surface area contributed by atoms with Crippen LogP contribution in [-0.4, -0.2) is 89.0 Å². The number of hydrogen-bond acceptors (Lipinski definition) is 6. The second kappa shape index (κ2) is 15.7. The largest absolute Gasteiger partial charge is 0.473 e. The Morgan fingerprint density at radius 2 is 1.33 bits per heavy atom. The smallest absolute Gasteiger partial charge is 0.414 e. The number of hydrogen-bond donors (Lipinski definition) is 3. The topological polar surface area (TPSA) is 159 Å². The molecule has 1 saturated heterocycles. The van der Waals surface area contributed by atoms with Crippen molar-refractivity contribution in [1.29, 1.82) is 0 Å². The van der Waals surface area contributed by atoms with Crippen molar-refractivity contribution >= 4 is 18.0 Å². The van der Waals surface area contributed by atoms with E-state index in [1.807, 2.05) is 0 Å². The van der Waals surface area contributed by atoms with Gasteiger partial charge in [0.1, 0.15) is 17.2 Å². The first-order valence-corrected chi connectivity index (χ1v) is 12.2. The molecular weight excluding hydrogens is 518 g/mol. The van der Waals surface area contributed by atoms with Gasteiger partial charge in [-0.25, -0.2) is 23.2 Å². The van der Waals surface area contributed by atoms with E-state index in [-0.39, 0.29) is 29.1 Å². The number of carbonyl (C=O) groups excluding carboxylic acids is 1. The van der Waals surface area contributed by atoms with Gasteiger partial charge in [-0.3, -0.25) is 0 Å². The van der Waals surface area contributed by atoms with Crippen LogP contribution in [0.2, 0.25) is 0 Å². The molecule has 1 aliphatic heterocycles. The Bertz CT molecular complexity index is 999. The van der Waals surface area contributed by atoms with Crippen LogP contribution in [0.3, 0.4) is 0 Å². The highest BCUT2D eigenvalue weighted by atomic mass is 19.1. The van der Waals surface area contributed by atoms with Gasteiger partial charge >= 0.3 is 18.0 Å². The van der Waals surface area contributed by atoms with Crippen molar-refractivity contribution in [3.8, 4) is 0 Å². The van der Waals surface area contributed by atoms with Crippen LogP contribution in [0.15, 0.2) is 48.5 Å². The Morgan fingerprint density at radius 3 is 1.72 bits per heavy atom. The zero-order chi connectivity index (χ0) is 28.3. The number of ether oxygens (including phenoxy) is 1. The lowest BCUT2D eigenvalue weighted by atomic mass is 9.72. The number of unbranched alkanes of at least 4 members (excludes halogenated alkanes) is 1. The van der Waals surface area contributed by atoms with Crippen LogP contribution in [0.1, 0.15) is 36.8 Å². The zero-order valence-corrected chi connectivity index (χ0v) is 22.0. The first-order chi connectivity index (χ1) is 17.9. The van der Waals surface area contributed by atoms with Gasteiger partial charge in [-0.15, -0.1) is 0 Å². The number of aliphatic hydroxyl groups is 1. The van der Waals surface area contributed by atoms with Crippen molar-refractivity contribution < 1.29 is 48.7 Å². The first-order valence-electron chi connectivity index (χ1n) is 12.2. The molecule has 1 aliphatic rings. The lowest BCUT2D eigenvalue weighted by Crippen LogP contribution is -2.44. The molecule has 216 valence electrons. The van der Waals surface area contributed by atoms with Crippen LogP contribution in [0.5, 0.6) is 0 Å². The first kappa shape index (κ1) is 33.4. The maximum atomic E-state index is 13.5. The highest BCUT2D eigenvalue weighted by Crippen LogP contribution is 2.42. The van der Waals surface area contributed by atoms with E-state index in [1.54, 1.807) is 38.4 Å². The van der Waals surface area contributed by atoms with Gasteiger partial charge in [0.25, 0.3) is 0 Å². The summed E-state index contributed by atoms with van der Waals surface area (Å²) in [5.74, 6) is -4.44. The number of amides is 1. The maximum absolute atomic E-state index is 13.5. The van der Waals surface area contributed by atoms with Gasteiger partial charge < -0.3 is 35.3 Å². The van der Waals surface area contributed by atoms with Crippen molar-refractivity contribution in [2.75, 3.05) is 40.3 Å². The van der Waals surface area contributed by atoms with Gasteiger partial charge in [-0.05, 0) is 86.6 Å². The molecule has 0 saturated carbocycles. The third-order valence-corrected chi connectivity index (χ3v) is 6.39. The highest BCUT2D eigenvalue weighted by molar-refractivity contribution is 6.27. The van der Waals surface area contributed by atoms with Crippen molar-refractivity contribution in [3.63, 3.8) is 0 Å². The predicted octanol–water partition coefficient (Wildman–Crippen LogP) is 2.72. The highest BCUT2D eigenvalue weighted by Gasteiger charge is 2.41. The lowest BCUT2D eigenvalue weighted by Gasteiger charge is -2.42. The number of carboxylic acid groups (broad SMARTS) is 2. The standard InChI is InChI=1S/C25H32F2N2O3.C2H2O4.H2O/c1-28(2)24(30)32-18-4-3-15-29-16-13-21(14-17-29)25(31,19-5-9-22(26)10-6-19)20-7-11-23(27)12-8-20;3-1(4)2(5)6;/h5-12,21,31H,3-4,13-18H2,1-2H3;(H,3,4)(H,5,6);1H2. The number of carbonyl (C=O) groups is 3. The number of rotatable bonds is 8. The number of piperidine rings is 1. The molecule has 0 radical (unpaired) electrons. The van der Waals surface area contributed by atoms with E-state index in [0.29, 0.717) is 17.7 Å². The molecule has 2 aromatic carbocycles. The number of carboxylic acids is 2. The van der Waals surface area contributed by atoms with Gasteiger partial charge in [0.05, 0.1) is 6.61 Å². The average molecular weight is 555 g/mol. The Kier molecular flexibility index (Phi) is 13.5. The fourth-order valence-electron chi connectivity index (χ4n) is 4.35. The third kappa shape index (κ3) is 9.89. The lowest BCUT2D eigenvalue weighted by molar-refractivity contribution is -0.159. The van der Waals surface area contributed by atoms with Crippen molar-refractivity contribution in [1.82, 2.24) is 9.80 Å². The molecule has 1 amide bonds. The molecule has 5 N–H and O–H groups in total. The summed E-state index contributed by atoms with van der Waals surface area (Å²) in [6.07, 6.45) is 2.92. The van der Waals surface area contributed by atoms with Crippen LogP contribution >= 0.6 is 0 Å². The summed E-state index contributed by atoms with van der Waals surface area (Å²) >= 11 is 0. The van der Waals surface area contributed by atoms with Gasteiger partial charge in [0, 0.05) is 14.1 Å². The number of benzene rings is 2. The summed E-state index contributed by atoms with van der Waals surface area (Å²) in [6.45, 7) is 2.96. The number of halogens is 2. The van der Waals surface area contributed by atoms with Crippen LogP contribution in [0, 0.1) is 17.6 Å². The van der Waals surface area contributed by atoms with E-state index in [4.69, 9.17) is 24.5 Å². The van der Waals surface area contributed by atoms with Gasteiger partial charge in [0.2, 0.25) is 0 Å². The van der Waals surface area contributed by atoms with Crippen LogP contribution in [0.25, 0.3) is 0 Å². The maximum Gasteiger partial charge on any atom is 0.414 e. The SMILES string of the molecule is CN(C)C(=O)OCCCCN1CCC(C(O)(c2ccc(F)cc2)c2ccc(F)cc2)CC1.O.O=C(O)C(=O)O. The van der Waals surface area contributed by atoms with Crippen LogP contribution < -0.4 is 0 Å². The van der Waals surface area contributed by atoms with Gasteiger partial charge in [-0.1, -0.05) is 24.3 Å². The van der Waals surface area contributed by atoms with Crippen molar-refractivity contribution in [2.45, 2.75) is 31.3 Å². The van der Waals surface area contributed by atoms with Gasteiger partial charge in [0.15, 0.2) is 0 Å². The van der Waals surface area contributed by atoms with Crippen molar-refractivity contribution in [3.05, 3.63) is 71.3 Å². The molecule has 0 unspecified atom stereocenters. The molecule has 3 rings (SSSR count). The summed E-state index contributed by atoms with van der Waals surface area (Å²) in [4.78, 5) is 33.4. The second-order valence-corrected chi connectivity index (χ2v) is 9.22. The van der Waals surface area contributed by atoms with Crippen molar-refractivity contribution in [2.24, 2.45) is 5.92 Å². The van der Waals surface area contributed by atoms with E-state index < -0.39 is 17.5 Å². The average Bonchev–Trinajstić information content (AvgIpc) is 2.89. The molecule has 12 heteroatoms. The van der Waals surface area contributed by atoms with E-state index in [0.717, 1.165) is 45.3 Å². The number of likely N-dealkylation sites (tertiary alicyclic amines) is 1. The van der Waals surface area contributed by atoms with Crippen LogP contribution in [0.4, 0.5) is 13.6 Å². The minimum absolute atomic E-state index is 0. The Labute approximate surface area is 225 Å². The molecule has 10 nitrogen and oxygen atoms in total. The molecule has 0 atom stereocenters.